The molecule has 4 aromatic rings. The maximum Gasteiger partial charge on any atom is 0.109 e. The third-order valence-electron chi connectivity index (χ3n) is 6.87. The number of nitrogens with one attached hydrogen (secondary N) is 2. The zero-order chi connectivity index (χ0) is 24.4. The van der Waals surface area contributed by atoms with Crippen LogP contribution in [-0.2, 0) is 6.42 Å². The minimum Gasteiger partial charge on any atom is -0.361 e. The SMILES string of the molecule is CC(C)c1c[nH]c(-c2cc(CC(C)c3nc(-c4ccccc4C(C)C)c[nH]3)ccc2C(C)C)c1. The summed E-state index contributed by atoms with van der Waals surface area (Å²) in [6, 6.07) is 17.9. The number of hydrogen-bond acceptors (Lipinski definition) is 1. The van der Waals surface area contributed by atoms with Crippen LogP contribution in [0.3, 0.4) is 0 Å². The molecule has 2 aromatic carbocycles. The maximum absolute atomic E-state index is 5.01. The van der Waals surface area contributed by atoms with E-state index in [4.69, 9.17) is 4.98 Å². The largest absolute Gasteiger partial charge is 0.361 e. The molecule has 0 aliphatic heterocycles. The van der Waals surface area contributed by atoms with Crippen LogP contribution < -0.4 is 0 Å². The van der Waals surface area contributed by atoms with Gasteiger partial charge in [0, 0.05) is 35.1 Å². The van der Waals surface area contributed by atoms with Crippen molar-refractivity contribution in [3.63, 3.8) is 0 Å². The van der Waals surface area contributed by atoms with Crippen LogP contribution in [-0.4, -0.2) is 15.0 Å². The quantitative estimate of drug-likeness (QED) is 0.275. The Kier molecular flexibility index (Phi) is 7.11. The highest BCUT2D eigenvalue weighted by atomic mass is 14.9. The second kappa shape index (κ2) is 10.0. The molecule has 0 amide bonds. The van der Waals surface area contributed by atoms with Crippen LogP contribution >= 0.6 is 0 Å². The van der Waals surface area contributed by atoms with Crippen LogP contribution in [0.5, 0.6) is 0 Å². The van der Waals surface area contributed by atoms with Crippen LogP contribution in [0.25, 0.3) is 22.5 Å². The van der Waals surface area contributed by atoms with E-state index in [2.05, 4.69) is 119 Å². The number of H-pyrrole nitrogens is 2. The van der Waals surface area contributed by atoms with Crippen molar-refractivity contribution in [2.24, 2.45) is 0 Å². The van der Waals surface area contributed by atoms with Gasteiger partial charge < -0.3 is 9.97 Å². The third kappa shape index (κ3) is 5.04. The fraction of sp³-hybridized carbons (Fsp3) is 0.387. The molecule has 0 saturated heterocycles. The van der Waals surface area contributed by atoms with E-state index in [1.807, 2.05) is 0 Å². The molecule has 3 nitrogen and oxygen atoms in total. The normalized spacial score (nSPS) is 12.8. The zero-order valence-corrected chi connectivity index (χ0v) is 21.7. The van der Waals surface area contributed by atoms with Gasteiger partial charge in [-0.2, -0.15) is 0 Å². The summed E-state index contributed by atoms with van der Waals surface area (Å²) in [5.74, 6) is 2.80. The number of imidazole rings is 1. The first-order valence-electron chi connectivity index (χ1n) is 12.7. The molecule has 0 saturated carbocycles. The van der Waals surface area contributed by atoms with Crippen LogP contribution in [0.15, 0.2) is 60.9 Å². The van der Waals surface area contributed by atoms with E-state index in [1.165, 1.54) is 39.1 Å². The Morgan fingerprint density at radius 2 is 1.41 bits per heavy atom. The molecule has 0 fully saturated rings. The highest BCUT2D eigenvalue weighted by Gasteiger charge is 2.17. The molecular formula is C31H39N3. The van der Waals surface area contributed by atoms with E-state index in [1.54, 1.807) is 0 Å². The zero-order valence-electron chi connectivity index (χ0n) is 21.7. The highest BCUT2D eigenvalue weighted by molar-refractivity contribution is 5.67. The van der Waals surface area contributed by atoms with Gasteiger partial charge in [-0.3, -0.25) is 0 Å². The minimum atomic E-state index is 0.299. The van der Waals surface area contributed by atoms with E-state index in [0.717, 1.165) is 17.9 Å². The smallest absolute Gasteiger partial charge is 0.109 e. The van der Waals surface area contributed by atoms with Gasteiger partial charge >= 0.3 is 0 Å². The molecule has 3 heteroatoms. The standard InChI is InChI=1S/C31H39N3/c1-19(2)24-16-29(32-17-24)28-15-23(12-13-26(28)21(5)6)14-22(7)31-33-18-30(34-31)27-11-9-8-10-25(27)20(3)4/h8-13,15-22,32H,14H2,1-7H3,(H,33,34). The van der Waals surface area contributed by atoms with E-state index < -0.39 is 0 Å². The Morgan fingerprint density at radius 3 is 2.09 bits per heavy atom. The average Bonchev–Trinajstić information content (AvgIpc) is 3.49. The molecule has 1 unspecified atom stereocenters. The lowest BCUT2D eigenvalue weighted by atomic mass is 9.90. The number of aromatic nitrogens is 3. The fourth-order valence-corrected chi connectivity index (χ4v) is 4.78. The Balaban J connectivity index is 1.60. The van der Waals surface area contributed by atoms with Crippen molar-refractivity contribution in [1.82, 2.24) is 15.0 Å². The fourth-order valence-electron chi connectivity index (χ4n) is 4.78. The van der Waals surface area contributed by atoms with Crippen molar-refractivity contribution in [1.29, 1.82) is 0 Å². The second-order valence-electron chi connectivity index (χ2n) is 10.6. The Hall–Kier alpha value is -3.07. The van der Waals surface area contributed by atoms with Gasteiger partial charge in [-0.25, -0.2) is 4.98 Å². The molecule has 1 atom stereocenters. The Bertz CT molecular complexity index is 1240. The molecule has 34 heavy (non-hydrogen) atoms. The molecule has 0 spiro atoms. The lowest BCUT2D eigenvalue weighted by Gasteiger charge is -2.16. The number of benzene rings is 2. The van der Waals surface area contributed by atoms with Gasteiger partial charge in [-0.15, -0.1) is 0 Å². The highest BCUT2D eigenvalue weighted by Crippen LogP contribution is 2.33. The summed E-state index contributed by atoms with van der Waals surface area (Å²) < 4.78 is 0. The molecule has 178 valence electrons. The molecule has 0 aliphatic rings. The van der Waals surface area contributed by atoms with Gasteiger partial charge in [-0.05, 0) is 58.6 Å². The van der Waals surface area contributed by atoms with E-state index in [-0.39, 0.29) is 0 Å². The summed E-state index contributed by atoms with van der Waals surface area (Å²) in [6.45, 7) is 15.8. The van der Waals surface area contributed by atoms with Gasteiger partial charge in [0.15, 0.2) is 0 Å². The minimum absolute atomic E-state index is 0.299. The van der Waals surface area contributed by atoms with Gasteiger partial charge in [-0.1, -0.05) is 84.9 Å². The summed E-state index contributed by atoms with van der Waals surface area (Å²) in [5.41, 5.74) is 10.2. The molecule has 2 aromatic heterocycles. The molecule has 0 aliphatic carbocycles. The summed E-state index contributed by atoms with van der Waals surface area (Å²) in [6.07, 6.45) is 5.16. The number of nitrogens with zero attached hydrogens (tertiary/aromatic N) is 1. The molecular weight excluding hydrogens is 414 g/mol. The van der Waals surface area contributed by atoms with E-state index in [9.17, 15) is 0 Å². The van der Waals surface area contributed by atoms with E-state index >= 15 is 0 Å². The summed E-state index contributed by atoms with van der Waals surface area (Å²) in [5, 5.41) is 0. The molecule has 2 heterocycles. The molecule has 0 radical (unpaired) electrons. The van der Waals surface area contributed by atoms with Crippen LogP contribution in [0, 0.1) is 0 Å². The van der Waals surface area contributed by atoms with Crippen molar-refractivity contribution in [3.8, 4) is 22.5 Å². The van der Waals surface area contributed by atoms with Crippen molar-refractivity contribution < 1.29 is 0 Å². The molecule has 4 rings (SSSR count). The van der Waals surface area contributed by atoms with Crippen molar-refractivity contribution in [3.05, 3.63) is 89.0 Å². The summed E-state index contributed by atoms with van der Waals surface area (Å²) in [7, 11) is 0. The Morgan fingerprint density at radius 1 is 0.706 bits per heavy atom. The van der Waals surface area contributed by atoms with Gasteiger partial charge in [0.25, 0.3) is 0 Å². The van der Waals surface area contributed by atoms with Crippen molar-refractivity contribution in [2.45, 2.75) is 78.6 Å². The topological polar surface area (TPSA) is 44.5 Å². The predicted molar refractivity (Wildman–Crippen MR) is 145 cm³/mol. The first kappa shape index (κ1) is 24.1. The van der Waals surface area contributed by atoms with Crippen molar-refractivity contribution >= 4 is 0 Å². The molecule has 0 bridgehead atoms. The first-order valence-corrected chi connectivity index (χ1v) is 12.7. The number of aromatic amines is 2. The van der Waals surface area contributed by atoms with Crippen LogP contribution in [0.1, 0.15) is 100 Å². The summed E-state index contributed by atoms with van der Waals surface area (Å²) >= 11 is 0. The van der Waals surface area contributed by atoms with E-state index in [0.29, 0.717) is 23.7 Å². The molecule has 2 N–H and O–H groups in total. The third-order valence-corrected chi connectivity index (χ3v) is 6.87. The van der Waals surface area contributed by atoms with Crippen LogP contribution in [0.4, 0.5) is 0 Å². The van der Waals surface area contributed by atoms with Gasteiger partial charge in [0.2, 0.25) is 0 Å². The lowest BCUT2D eigenvalue weighted by molar-refractivity contribution is 0.710. The van der Waals surface area contributed by atoms with Gasteiger partial charge in [0.1, 0.15) is 5.82 Å². The summed E-state index contributed by atoms with van der Waals surface area (Å²) in [4.78, 5) is 12.0. The lowest BCUT2D eigenvalue weighted by Crippen LogP contribution is -2.02. The maximum atomic E-state index is 5.01. The Labute approximate surface area is 205 Å². The number of rotatable bonds is 8. The second-order valence-corrected chi connectivity index (χ2v) is 10.6. The number of hydrogen-bond donors (Lipinski definition) is 2. The monoisotopic (exact) mass is 453 g/mol. The average molecular weight is 454 g/mol. The first-order chi connectivity index (χ1) is 16.2. The van der Waals surface area contributed by atoms with Crippen LogP contribution in [0.2, 0.25) is 0 Å². The van der Waals surface area contributed by atoms with Gasteiger partial charge in [0.05, 0.1) is 5.69 Å². The predicted octanol–water partition coefficient (Wildman–Crippen LogP) is 8.79. The van der Waals surface area contributed by atoms with Crippen molar-refractivity contribution in [2.75, 3.05) is 0 Å².